The van der Waals surface area contributed by atoms with Crippen molar-refractivity contribution in [3.63, 3.8) is 0 Å². The Bertz CT molecular complexity index is 562. The summed E-state index contributed by atoms with van der Waals surface area (Å²) in [6.45, 7) is 2.05. The maximum atomic E-state index is 13.4. The van der Waals surface area contributed by atoms with E-state index >= 15 is 0 Å². The number of aromatic nitrogens is 2. The van der Waals surface area contributed by atoms with Crippen LogP contribution >= 0.6 is 11.3 Å². The number of rotatable bonds is 7. The standard InChI is InChI=1S/C13H16FN3O2S/c1-18-6-5-15-8-12-16-17-13(20-12)9-3-4-10(14)11(7-9)19-2/h3-4,7,15H,5-6,8H2,1-2H3. The van der Waals surface area contributed by atoms with Gasteiger partial charge in [0, 0.05) is 25.8 Å². The number of benzene rings is 1. The SMILES string of the molecule is COCCNCc1nnc(-c2ccc(F)c(OC)c2)s1. The molecule has 0 unspecified atom stereocenters. The Balaban J connectivity index is 2.04. The largest absolute Gasteiger partial charge is 0.494 e. The number of hydrogen-bond acceptors (Lipinski definition) is 6. The van der Waals surface area contributed by atoms with Gasteiger partial charge in [-0.25, -0.2) is 4.39 Å². The lowest BCUT2D eigenvalue weighted by atomic mass is 10.2. The van der Waals surface area contributed by atoms with E-state index in [1.165, 1.54) is 24.5 Å². The van der Waals surface area contributed by atoms with E-state index in [1.54, 1.807) is 19.2 Å². The highest BCUT2D eigenvalue weighted by molar-refractivity contribution is 7.14. The average Bonchev–Trinajstić information content (AvgIpc) is 2.93. The zero-order chi connectivity index (χ0) is 14.4. The predicted octanol–water partition coefficient (Wildman–Crippen LogP) is 2.09. The lowest BCUT2D eigenvalue weighted by Crippen LogP contribution is -2.18. The summed E-state index contributed by atoms with van der Waals surface area (Å²) in [5, 5.41) is 13.0. The van der Waals surface area contributed by atoms with E-state index in [9.17, 15) is 4.39 Å². The lowest BCUT2D eigenvalue weighted by Gasteiger charge is -2.02. The van der Waals surface area contributed by atoms with Gasteiger partial charge in [-0.05, 0) is 18.2 Å². The highest BCUT2D eigenvalue weighted by Gasteiger charge is 2.10. The van der Waals surface area contributed by atoms with Gasteiger partial charge < -0.3 is 14.8 Å². The van der Waals surface area contributed by atoms with Gasteiger partial charge in [-0.15, -0.1) is 10.2 Å². The van der Waals surface area contributed by atoms with E-state index in [2.05, 4.69) is 15.5 Å². The molecule has 2 aromatic rings. The van der Waals surface area contributed by atoms with Crippen molar-refractivity contribution in [2.45, 2.75) is 6.54 Å². The second kappa shape index (κ2) is 7.28. The molecule has 0 amide bonds. The molecular formula is C13H16FN3O2S. The molecular weight excluding hydrogens is 281 g/mol. The number of methoxy groups -OCH3 is 2. The average molecular weight is 297 g/mol. The predicted molar refractivity (Wildman–Crippen MR) is 75.4 cm³/mol. The van der Waals surface area contributed by atoms with Crippen LogP contribution < -0.4 is 10.1 Å². The second-order valence-electron chi connectivity index (χ2n) is 4.02. The Kier molecular flexibility index (Phi) is 5.40. The molecule has 0 aliphatic heterocycles. The summed E-state index contributed by atoms with van der Waals surface area (Å²) in [6.07, 6.45) is 0. The van der Waals surface area contributed by atoms with E-state index < -0.39 is 0 Å². The van der Waals surface area contributed by atoms with Crippen LogP contribution in [0.3, 0.4) is 0 Å². The molecule has 0 atom stereocenters. The first-order valence-corrected chi connectivity index (χ1v) is 6.92. The van der Waals surface area contributed by atoms with Crippen molar-refractivity contribution in [1.29, 1.82) is 0 Å². The molecule has 0 bridgehead atoms. The third-order valence-corrected chi connectivity index (χ3v) is 3.60. The topological polar surface area (TPSA) is 56.3 Å². The fraction of sp³-hybridized carbons (Fsp3) is 0.385. The van der Waals surface area contributed by atoms with Crippen LogP contribution in [0.25, 0.3) is 10.6 Å². The monoisotopic (exact) mass is 297 g/mol. The van der Waals surface area contributed by atoms with Crippen LogP contribution in [-0.2, 0) is 11.3 Å². The van der Waals surface area contributed by atoms with Crippen LogP contribution in [0.5, 0.6) is 5.75 Å². The van der Waals surface area contributed by atoms with Crippen molar-refractivity contribution in [1.82, 2.24) is 15.5 Å². The minimum Gasteiger partial charge on any atom is -0.494 e. The molecule has 1 aromatic carbocycles. The quantitative estimate of drug-likeness (QED) is 0.793. The van der Waals surface area contributed by atoms with Gasteiger partial charge in [-0.2, -0.15) is 0 Å². The van der Waals surface area contributed by atoms with Gasteiger partial charge in [0.25, 0.3) is 0 Å². The number of hydrogen-bond donors (Lipinski definition) is 1. The van der Waals surface area contributed by atoms with Crippen molar-refractivity contribution < 1.29 is 13.9 Å². The number of nitrogens with zero attached hydrogens (tertiary/aromatic N) is 2. The van der Waals surface area contributed by atoms with Crippen molar-refractivity contribution in [3.8, 4) is 16.3 Å². The van der Waals surface area contributed by atoms with Gasteiger partial charge in [0.05, 0.1) is 13.7 Å². The van der Waals surface area contributed by atoms with Gasteiger partial charge in [0.15, 0.2) is 11.6 Å². The smallest absolute Gasteiger partial charge is 0.165 e. The third-order valence-electron chi connectivity index (χ3n) is 2.62. The molecule has 0 saturated heterocycles. The molecule has 1 aromatic heterocycles. The maximum absolute atomic E-state index is 13.4. The van der Waals surface area contributed by atoms with Crippen LogP contribution in [0.2, 0.25) is 0 Å². The van der Waals surface area contributed by atoms with Crippen LogP contribution in [-0.4, -0.2) is 37.6 Å². The minimum atomic E-state index is -0.387. The highest BCUT2D eigenvalue weighted by atomic mass is 32.1. The summed E-state index contributed by atoms with van der Waals surface area (Å²) < 4.78 is 23.3. The molecule has 0 aliphatic carbocycles. The summed E-state index contributed by atoms with van der Waals surface area (Å²) in [4.78, 5) is 0. The number of ether oxygens (including phenoxy) is 2. The highest BCUT2D eigenvalue weighted by Crippen LogP contribution is 2.28. The first kappa shape index (κ1) is 14.8. The zero-order valence-corrected chi connectivity index (χ0v) is 12.2. The Morgan fingerprint density at radius 2 is 2.15 bits per heavy atom. The zero-order valence-electron chi connectivity index (χ0n) is 11.4. The van der Waals surface area contributed by atoms with Crippen molar-refractivity contribution >= 4 is 11.3 Å². The molecule has 0 radical (unpaired) electrons. The number of halogens is 1. The normalized spacial score (nSPS) is 10.8. The van der Waals surface area contributed by atoms with Crippen LogP contribution in [0.1, 0.15) is 5.01 Å². The second-order valence-corrected chi connectivity index (χ2v) is 5.08. The molecule has 108 valence electrons. The van der Waals surface area contributed by atoms with Crippen molar-refractivity contribution in [2.75, 3.05) is 27.4 Å². The van der Waals surface area contributed by atoms with Gasteiger partial charge in [-0.3, -0.25) is 0 Å². The molecule has 7 heteroatoms. The summed E-state index contributed by atoms with van der Waals surface area (Å²) in [5.74, 6) is -0.181. The van der Waals surface area contributed by atoms with Crippen LogP contribution in [0.4, 0.5) is 4.39 Å². The van der Waals surface area contributed by atoms with Gasteiger partial charge in [-0.1, -0.05) is 11.3 Å². The Morgan fingerprint density at radius 3 is 2.90 bits per heavy atom. The van der Waals surface area contributed by atoms with E-state index in [4.69, 9.17) is 9.47 Å². The summed E-state index contributed by atoms with van der Waals surface area (Å²) in [6, 6.07) is 4.66. The van der Waals surface area contributed by atoms with Crippen molar-refractivity contribution in [3.05, 3.63) is 29.0 Å². The summed E-state index contributed by atoms with van der Waals surface area (Å²) in [5.41, 5.74) is 0.795. The molecule has 1 heterocycles. The first-order valence-electron chi connectivity index (χ1n) is 6.10. The van der Waals surface area contributed by atoms with Gasteiger partial charge >= 0.3 is 0 Å². The Hall–Kier alpha value is -1.57. The summed E-state index contributed by atoms with van der Waals surface area (Å²) in [7, 11) is 3.10. The van der Waals surface area contributed by atoms with Gasteiger partial charge in [0.1, 0.15) is 10.0 Å². The fourth-order valence-corrected chi connectivity index (χ4v) is 2.41. The number of nitrogens with one attached hydrogen (secondary N) is 1. The third kappa shape index (κ3) is 3.72. The first-order chi connectivity index (χ1) is 9.74. The molecule has 2 rings (SSSR count). The molecule has 0 fully saturated rings. The van der Waals surface area contributed by atoms with Gasteiger partial charge in [0.2, 0.25) is 0 Å². The van der Waals surface area contributed by atoms with Crippen LogP contribution in [0, 0.1) is 5.82 Å². The van der Waals surface area contributed by atoms with E-state index in [0.29, 0.717) is 13.2 Å². The molecule has 20 heavy (non-hydrogen) atoms. The fourth-order valence-electron chi connectivity index (χ4n) is 1.60. The Labute approximate surface area is 120 Å². The molecule has 5 nitrogen and oxygen atoms in total. The maximum Gasteiger partial charge on any atom is 0.165 e. The van der Waals surface area contributed by atoms with Crippen molar-refractivity contribution in [2.24, 2.45) is 0 Å². The molecule has 0 aliphatic rings. The van der Waals surface area contributed by atoms with Crippen LogP contribution in [0.15, 0.2) is 18.2 Å². The van der Waals surface area contributed by atoms with E-state index in [1.807, 2.05) is 0 Å². The molecule has 0 saturated carbocycles. The summed E-state index contributed by atoms with van der Waals surface area (Å²) >= 11 is 1.47. The lowest BCUT2D eigenvalue weighted by molar-refractivity contribution is 0.199. The minimum absolute atomic E-state index is 0.206. The molecule has 0 spiro atoms. The Morgan fingerprint density at radius 1 is 1.30 bits per heavy atom. The molecule has 1 N–H and O–H groups in total. The van der Waals surface area contributed by atoms with E-state index in [-0.39, 0.29) is 11.6 Å². The van der Waals surface area contributed by atoms with E-state index in [0.717, 1.165) is 22.1 Å².